The second-order valence-electron chi connectivity index (χ2n) is 4.24. The molecule has 0 spiro atoms. The molecule has 4 nitrogen and oxygen atoms in total. The number of nitrogens with zero attached hydrogens (tertiary/aromatic N) is 2. The van der Waals surface area contributed by atoms with E-state index in [0.717, 1.165) is 17.7 Å². The molecule has 18 heavy (non-hydrogen) atoms. The summed E-state index contributed by atoms with van der Waals surface area (Å²) in [5.74, 6) is 0. The van der Waals surface area contributed by atoms with Crippen LogP contribution in [0.2, 0.25) is 0 Å². The van der Waals surface area contributed by atoms with Crippen LogP contribution in [0.1, 0.15) is 18.9 Å². The van der Waals surface area contributed by atoms with Gasteiger partial charge in [-0.05, 0) is 25.0 Å². The zero-order valence-electron chi connectivity index (χ0n) is 10.6. The van der Waals surface area contributed by atoms with Crippen molar-refractivity contribution in [1.82, 2.24) is 9.13 Å². The first kappa shape index (κ1) is 12.4. The standard InChI is InChI=1S/C14H16N2O2/c1-3-9-16-13(17)8-10-15(14(16)18)12-7-5-4-6-11(12)2/h4-8,10H,3,9H2,1-2H3. The molecule has 0 unspecified atom stereocenters. The van der Waals surface area contributed by atoms with E-state index in [0.29, 0.717) is 6.54 Å². The maximum atomic E-state index is 12.3. The quantitative estimate of drug-likeness (QED) is 0.825. The molecular formula is C14H16N2O2. The van der Waals surface area contributed by atoms with Gasteiger partial charge in [-0.2, -0.15) is 0 Å². The summed E-state index contributed by atoms with van der Waals surface area (Å²) in [6.45, 7) is 4.33. The number of benzene rings is 1. The molecular weight excluding hydrogens is 228 g/mol. The number of para-hydroxylation sites is 1. The Bertz CT molecular complexity index is 668. The summed E-state index contributed by atoms with van der Waals surface area (Å²) in [6, 6.07) is 9.05. The summed E-state index contributed by atoms with van der Waals surface area (Å²) in [7, 11) is 0. The Morgan fingerprint density at radius 1 is 1.11 bits per heavy atom. The van der Waals surface area contributed by atoms with Gasteiger partial charge in [-0.3, -0.25) is 13.9 Å². The highest BCUT2D eigenvalue weighted by atomic mass is 16.2. The Hall–Kier alpha value is -2.10. The molecule has 0 aliphatic carbocycles. The highest BCUT2D eigenvalue weighted by Gasteiger charge is 2.07. The third-order valence-electron chi connectivity index (χ3n) is 2.89. The Morgan fingerprint density at radius 3 is 2.50 bits per heavy atom. The first-order chi connectivity index (χ1) is 8.65. The normalized spacial score (nSPS) is 10.6. The van der Waals surface area contributed by atoms with Gasteiger partial charge in [-0.25, -0.2) is 4.79 Å². The molecule has 4 heteroatoms. The van der Waals surface area contributed by atoms with E-state index in [2.05, 4.69) is 0 Å². The number of aryl methyl sites for hydroxylation is 1. The molecule has 2 aromatic rings. The van der Waals surface area contributed by atoms with Crippen molar-refractivity contribution in [2.24, 2.45) is 0 Å². The lowest BCUT2D eigenvalue weighted by Crippen LogP contribution is -2.38. The molecule has 94 valence electrons. The lowest BCUT2D eigenvalue weighted by molar-refractivity contribution is 0.597. The lowest BCUT2D eigenvalue weighted by atomic mass is 10.2. The van der Waals surface area contributed by atoms with Gasteiger partial charge in [0, 0.05) is 18.8 Å². The SMILES string of the molecule is CCCn1c(=O)ccn(-c2ccccc2C)c1=O. The van der Waals surface area contributed by atoms with Gasteiger partial charge < -0.3 is 0 Å². The second-order valence-corrected chi connectivity index (χ2v) is 4.24. The van der Waals surface area contributed by atoms with Crippen molar-refractivity contribution < 1.29 is 0 Å². The Balaban J connectivity index is 2.68. The summed E-state index contributed by atoms with van der Waals surface area (Å²) in [6.07, 6.45) is 2.30. The van der Waals surface area contributed by atoms with Crippen LogP contribution in [-0.2, 0) is 6.54 Å². The third-order valence-corrected chi connectivity index (χ3v) is 2.89. The Morgan fingerprint density at radius 2 is 1.83 bits per heavy atom. The predicted molar refractivity (Wildman–Crippen MR) is 71.3 cm³/mol. The fourth-order valence-electron chi connectivity index (χ4n) is 1.96. The van der Waals surface area contributed by atoms with Crippen molar-refractivity contribution in [2.75, 3.05) is 0 Å². The van der Waals surface area contributed by atoms with Crippen molar-refractivity contribution in [1.29, 1.82) is 0 Å². The summed E-state index contributed by atoms with van der Waals surface area (Å²) in [5, 5.41) is 0. The van der Waals surface area contributed by atoms with Crippen LogP contribution in [0.5, 0.6) is 0 Å². The van der Waals surface area contributed by atoms with E-state index in [1.54, 1.807) is 6.20 Å². The van der Waals surface area contributed by atoms with Gasteiger partial charge in [-0.15, -0.1) is 0 Å². The van der Waals surface area contributed by atoms with Crippen LogP contribution < -0.4 is 11.2 Å². The fourth-order valence-corrected chi connectivity index (χ4v) is 1.96. The van der Waals surface area contributed by atoms with Crippen LogP contribution in [0.4, 0.5) is 0 Å². The molecule has 1 heterocycles. The molecule has 0 bridgehead atoms. The summed E-state index contributed by atoms with van der Waals surface area (Å²) in [5.41, 5.74) is 1.29. The molecule has 1 aromatic heterocycles. The van der Waals surface area contributed by atoms with E-state index in [4.69, 9.17) is 0 Å². The highest BCUT2D eigenvalue weighted by Crippen LogP contribution is 2.09. The fraction of sp³-hybridized carbons (Fsp3) is 0.286. The molecule has 0 aliphatic rings. The van der Waals surface area contributed by atoms with Crippen molar-refractivity contribution in [3.05, 3.63) is 62.9 Å². The van der Waals surface area contributed by atoms with E-state index in [1.165, 1.54) is 15.2 Å². The van der Waals surface area contributed by atoms with Gasteiger partial charge in [0.05, 0.1) is 5.69 Å². The smallest absolute Gasteiger partial charge is 0.269 e. The average Bonchev–Trinajstić information content (AvgIpc) is 2.36. The molecule has 0 saturated heterocycles. The Kier molecular flexibility index (Phi) is 3.46. The monoisotopic (exact) mass is 244 g/mol. The van der Waals surface area contributed by atoms with Gasteiger partial charge in [0.25, 0.3) is 5.56 Å². The number of hydrogen-bond acceptors (Lipinski definition) is 2. The lowest BCUT2D eigenvalue weighted by Gasteiger charge is -2.11. The minimum absolute atomic E-state index is 0.244. The van der Waals surface area contributed by atoms with E-state index in [-0.39, 0.29) is 11.2 Å². The van der Waals surface area contributed by atoms with Crippen LogP contribution in [0.25, 0.3) is 5.69 Å². The van der Waals surface area contributed by atoms with Crippen molar-refractivity contribution in [2.45, 2.75) is 26.8 Å². The van der Waals surface area contributed by atoms with Crippen LogP contribution in [0.15, 0.2) is 46.1 Å². The van der Waals surface area contributed by atoms with E-state index < -0.39 is 0 Å². The van der Waals surface area contributed by atoms with Gasteiger partial charge in [-0.1, -0.05) is 25.1 Å². The summed E-state index contributed by atoms with van der Waals surface area (Å²) in [4.78, 5) is 23.9. The van der Waals surface area contributed by atoms with Crippen molar-refractivity contribution >= 4 is 0 Å². The second kappa shape index (κ2) is 5.04. The molecule has 0 atom stereocenters. The molecule has 0 aliphatic heterocycles. The van der Waals surface area contributed by atoms with E-state index in [9.17, 15) is 9.59 Å². The third kappa shape index (κ3) is 2.14. The Labute approximate surface area is 105 Å². The average molecular weight is 244 g/mol. The van der Waals surface area contributed by atoms with Gasteiger partial charge >= 0.3 is 5.69 Å². The van der Waals surface area contributed by atoms with E-state index in [1.807, 2.05) is 38.1 Å². The van der Waals surface area contributed by atoms with Crippen LogP contribution in [-0.4, -0.2) is 9.13 Å². The highest BCUT2D eigenvalue weighted by molar-refractivity contribution is 5.39. The molecule has 2 rings (SSSR count). The number of aromatic nitrogens is 2. The largest absolute Gasteiger partial charge is 0.335 e. The van der Waals surface area contributed by atoms with Gasteiger partial charge in [0.2, 0.25) is 0 Å². The minimum Gasteiger partial charge on any atom is -0.269 e. The summed E-state index contributed by atoms with van der Waals surface area (Å²) >= 11 is 0. The maximum absolute atomic E-state index is 12.3. The van der Waals surface area contributed by atoms with Crippen molar-refractivity contribution in [3.8, 4) is 5.69 Å². The molecule has 1 aromatic carbocycles. The van der Waals surface area contributed by atoms with Crippen LogP contribution in [0, 0.1) is 6.92 Å². The number of hydrogen-bond donors (Lipinski definition) is 0. The molecule has 0 amide bonds. The van der Waals surface area contributed by atoms with Crippen LogP contribution in [0.3, 0.4) is 0 Å². The molecule has 0 radical (unpaired) electrons. The van der Waals surface area contributed by atoms with Gasteiger partial charge in [0.15, 0.2) is 0 Å². The van der Waals surface area contributed by atoms with E-state index >= 15 is 0 Å². The minimum atomic E-state index is -0.279. The summed E-state index contributed by atoms with van der Waals surface area (Å²) < 4.78 is 2.79. The predicted octanol–water partition coefficient (Wildman–Crippen LogP) is 1.72. The molecule has 0 fully saturated rings. The zero-order valence-corrected chi connectivity index (χ0v) is 10.6. The van der Waals surface area contributed by atoms with Gasteiger partial charge in [0.1, 0.15) is 0 Å². The topological polar surface area (TPSA) is 44.0 Å². The first-order valence-corrected chi connectivity index (χ1v) is 6.03. The molecule has 0 N–H and O–H groups in total. The number of rotatable bonds is 3. The molecule has 0 saturated carbocycles. The van der Waals surface area contributed by atoms with Crippen LogP contribution >= 0.6 is 0 Å². The van der Waals surface area contributed by atoms with Crippen molar-refractivity contribution in [3.63, 3.8) is 0 Å². The maximum Gasteiger partial charge on any atom is 0.335 e. The zero-order chi connectivity index (χ0) is 13.1. The first-order valence-electron chi connectivity index (χ1n) is 6.03.